The van der Waals surface area contributed by atoms with E-state index in [4.69, 9.17) is 28.4 Å². The molecule has 0 bridgehead atoms. The first-order valence-electron chi connectivity index (χ1n) is 41.9. The minimum atomic E-state index is -1.98. The Morgan fingerprint density at radius 1 is 0.343 bits per heavy atom. The minimum Gasteiger partial charge on any atom is -0.394 e. The number of amides is 1. The van der Waals surface area contributed by atoms with E-state index in [0.29, 0.717) is 12.8 Å². The molecular weight excluding hydrogens is 1300 g/mol. The van der Waals surface area contributed by atoms with Crippen molar-refractivity contribution in [2.45, 2.75) is 446 Å². The van der Waals surface area contributed by atoms with E-state index in [1.54, 1.807) is 6.08 Å². The molecule has 0 aromatic carbocycles. The van der Waals surface area contributed by atoms with Crippen molar-refractivity contribution in [1.82, 2.24) is 5.32 Å². The summed E-state index contributed by atoms with van der Waals surface area (Å²) in [6, 6.07) is -0.996. The second-order valence-corrected chi connectivity index (χ2v) is 29.9. The van der Waals surface area contributed by atoms with Gasteiger partial charge in [-0.15, -0.1) is 0 Å². The van der Waals surface area contributed by atoms with Gasteiger partial charge in [-0.25, -0.2) is 0 Å². The van der Waals surface area contributed by atoms with E-state index >= 15 is 0 Å². The van der Waals surface area contributed by atoms with E-state index in [1.807, 2.05) is 6.08 Å². The minimum absolute atomic E-state index is 0.235. The lowest BCUT2D eigenvalue weighted by Crippen LogP contribution is -2.66. The molecule has 0 saturated carbocycles. The van der Waals surface area contributed by atoms with Gasteiger partial charge in [0, 0.05) is 6.42 Å². The molecule has 3 aliphatic heterocycles. The van der Waals surface area contributed by atoms with Gasteiger partial charge in [0.2, 0.25) is 5.91 Å². The molecule has 0 spiro atoms. The number of hydrogen-bond donors (Lipinski definition) is 12. The van der Waals surface area contributed by atoms with Crippen molar-refractivity contribution in [3.05, 3.63) is 48.6 Å². The lowest BCUT2D eigenvalue weighted by molar-refractivity contribution is -0.379. The molecule has 3 saturated heterocycles. The molecule has 19 heteroatoms. The molecule has 0 aromatic heterocycles. The van der Waals surface area contributed by atoms with Crippen LogP contribution < -0.4 is 5.32 Å². The van der Waals surface area contributed by atoms with Crippen LogP contribution in [0.5, 0.6) is 0 Å². The first-order chi connectivity index (χ1) is 49.8. The van der Waals surface area contributed by atoms with Gasteiger partial charge < -0.3 is 89.9 Å². The molecule has 3 aliphatic rings. The molecule has 3 rings (SSSR count). The van der Waals surface area contributed by atoms with Gasteiger partial charge in [0.25, 0.3) is 0 Å². The average Bonchev–Trinajstić information content (AvgIpc) is 0.781. The van der Waals surface area contributed by atoms with Crippen molar-refractivity contribution in [2.24, 2.45) is 0 Å². The summed E-state index contributed by atoms with van der Waals surface area (Å²) in [5.74, 6) is -0.284. The zero-order valence-corrected chi connectivity index (χ0v) is 64.1. The molecular formula is C83H153NO18. The summed E-state index contributed by atoms with van der Waals surface area (Å²) < 4.78 is 34.4. The molecule has 3 heterocycles. The van der Waals surface area contributed by atoms with Gasteiger partial charge in [0.05, 0.1) is 38.6 Å². The quantitative estimate of drug-likeness (QED) is 0.0199. The summed E-state index contributed by atoms with van der Waals surface area (Å²) in [7, 11) is 0. The highest BCUT2D eigenvalue weighted by Crippen LogP contribution is 2.33. The maximum absolute atomic E-state index is 13.5. The Bertz CT molecular complexity index is 2030. The van der Waals surface area contributed by atoms with Crippen molar-refractivity contribution in [3.8, 4) is 0 Å². The van der Waals surface area contributed by atoms with Crippen molar-refractivity contribution in [1.29, 1.82) is 0 Å². The number of carbonyl (C=O) groups is 1. The Hall–Kier alpha value is -2.25. The second-order valence-electron chi connectivity index (χ2n) is 29.9. The van der Waals surface area contributed by atoms with Gasteiger partial charge in [0.1, 0.15) is 73.2 Å². The number of allylic oxidation sites excluding steroid dienone is 7. The number of unbranched alkanes of at least 4 members (excludes halogenated alkanes) is 45. The third kappa shape index (κ3) is 43.1. The normalized spacial score (nSPS) is 26.4. The summed E-state index contributed by atoms with van der Waals surface area (Å²) in [4.78, 5) is 13.5. The molecule has 0 aromatic rings. The monoisotopic (exact) mass is 1450 g/mol. The summed E-state index contributed by atoms with van der Waals surface area (Å²) in [5, 5.41) is 121. The molecule has 1 amide bonds. The molecule has 102 heavy (non-hydrogen) atoms. The molecule has 12 N–H and O–H groups in total. The Balaban J connectivity index is 1.30. The third-order valence-corrected chi connectivity index (χ3v) is 20.8. The largest absolute Gasteiger partial charge is 0.394 e. The number of nitrogens with one attached hydrogen (secondary N) is 1. The summed E-state index contributed by atoms with van der Waals surface area (Å²) in [5.41, 5.74) is 0. The van der Waals surface area contributed by atoms with Crippen molar-refractivity contribution >= 4 is 5.91 Å². The lowest BCUT2D eigenvalue weighted by atomic mass is 9.96. The Kier molecular flexibility index (Phi) is 58.6. The molecule has 17 atom stereocenters. The topological polar surface area (TPSA) is 307 Å². The van der Waals surface area contributed by atoms with Crippen LogP contribution in [0, 0.1) is 0 Å². The number of aliphatic hydroxyl groups is 11. The average molecular weight is 1450 g/mol. The van der Waals surface area contributed by atoms with Crippen LogP contribution in [0.15, 0.2) is 48.6 Å². The number of carbonyl (C=O) groups excluding carboxylic acids is 1. The van der Waals surface area contributed by atoms with Crippen molar-refractivity contribution < 1.29 is 89.4 Å². The van der Waals surface area contributed by atoms with E-state index in [-0.39, 0.29) is 18.9 Å². The summed E-state index contributed by atoms with van der Waals surface area (Å²) in [6.45, 7) is 1.74. The van der Waals surface area contributed by atoms with Gasteiger partial charge in [-0.3, -0.25) is 4.79 Å². The van der Waals surface area contributed by atoms with E-state index < -0.39 is 124 Å². The number of aliphatic hydroxyl groups excluding tert-OH is 11. The van der Waals surface area contributed by atoms with E-state index in [9.17, 15) is 61.0 Å². The van der Waals surface area contributed by atoms with Crippen molar-refractivity contribution in [3.63, 3.8) is 0 Å². The standard InChI is InChI=1S/C83H153NO18/c1-3-5-7-9-11-13-15-17-19-21-23-24-25-26-27-28-29-30-31-32-33-34-35-36-37-38-39-40-41-42-43-45-47-49-51-53-55-57-59-61-71(89)84-66(67(88)60-58-56-54-52-50-48-46-44-22-20-18-16-14-12-10-8-6-4-2)65-97-81-77(95)74(92)79(69(63-86)99-81)102-83-78(96)75(93)80(70(64-87)100-83)101-82-76(94)73(91)72(90)68(62-85)98-82/h21-23,44,50,52,58,60,66-70,72-83,85-88,90-96H,3-20,24-43,45-49,51,53-57,59,61-65H2,1-2H3,(H,84,89)/b23-21-,44-22+,52-50+,60-58+. The number of ether oxygens (including phenoxy) is 6. The summed E-state index contributed by atoms with van der Waals surface area (Å²) in [6.07, 6.45) is 54.2. The maximum Gasteiger partial charge on any atom is 0.220 e. The van der Waals surface area contributed by atoms with E-state index in [0.717, 1.165) is 44.9 Å². The first kappa shape index (κ1) is 94.0. The van der Waals surface area contributed by atoms with Gasteiger partial charge in [-0.2, -0.15) is 0 Å². The molecule has 598 valence electrons. The van der Waals surface area contributed by atoms with Crippen LogP contribution in [0.3, 0.4) is 0 Å². The SMILES string of the molecule is CCCCCCCCCC/C=C\CCCCCCCCCCCCCCCCCCCCCCCCCCCCCC(=O)NC(COC1OC(CO)C(OC2OC(CO)C(OC3OC(CO)C(O)C(O)C3O)C(O)C2O)C(O)C1O)C(O)/C=C/CC/C=C/CC/C=C/CCCCCCCCCC. The Labute approximate surface area is 618 Å². The highest BCUT2D eigenvalue weighted by Gasteiger charge is 2.54. The second kappa shape index (κ2) is 63.7. The van der Waals surface area contributed by atoms with Crippen LogP contribution in [0.25, 0.3) is 0 Å². The fourth-order valence-corrected chi connectivity index (χ4v) is 14.1. The fraction of sp³-hybridized carbons (Fsp3) is 0.892. The van der Waals surface area contributed by atoms with Crippen LogP contribution in [-0.2, 0) is 33.2 Å². The van der Waals surface area contributed by atoms with Gasteiger partial charge in [-0.1, -0.05) is 313 Å². The third-order valence-electron chi connectivity index (χ3n) is 20.8. The molecule has 0 aliphatic carbocycles. The Morgan fingerprint density at radius 3 is 0.980 bits per heavy atom. The van der Waals surface area contributed by atoms with E-state index in [2.05, 4.69) is 55.6 Å². The first-order valence-corrected chi connectivity index (χ1v) is 41.9. The summed E-state index contributed by atoms with van der Waals surface area (Å²) >= 11 is 0. The van der Waals surface area contributed by atoms with Crippen LogP contribution in [-0.4, -0.2) is 193 Å². The highest BCUT2D eigenvalue weighted by molar-refractivity contribution is 5.76. The van der Waals surface area contributed by atoms with Gasteiger partial charge in [-0.05, 0) is 70.6 Å². The van der Waals surface area contributed by atoms with Crippen LogP contribution >= 0.6 is 0 Å². The maximum atomic E-state index is 13.5. The number of rotatable bonds is 67. The molecule has 0 radical (unpaired) electrons. The fourth-order valence-electron chi connectivity index (χ4n) is 14.1. The van der Waals surface area contributed by atoms with Crippen LogP contribution in [0.2, 0.25) is 0 Å². The molecule has 19 nitrogen and oxygen atoms in total. The van der Waals surface area contributed by atoms with E-state index in [1.165, 1.54) is 263 Å². The predicted molar refractivity (Wildman–Crippen MR) is 406 cm³/mol. The van der Waals surface area contributed by atoms with Crippen LogP contribution in [0.4, 0.5) is 0 Å². The highest BCUT2D eigenvalue weighted by atomic mass is 16.8. The predicted octanol–water partition coefficient (Wildman–Crippen LogP) is 14.5. The van der Waals surface area contributed by atoms with Gasteiger partial charge >= 0.3 is 0 Å². The lowest BCUT2D eigenvalue weighted by Gasteiger charge is -2.48. The zero-order valence-electron chi connectivity index (χ0n) is 64.1. The number of hydrogen-bond acceptors (Lipinski definition) is 18. The smallest absolute Gasteiger partial charge is 0.220 e. The Morgan fingerprint density at radius 2 is 0.627 bits per heavy atom. The molecule has 17 unspecified atom stereocenters. The van der Waals surface area contributed by atoms with Crippen molar-refractivity contribution in [2.75, 3.05) is 26.4 Å². The van der Waals surface area contributed by atoms with Crippen LogP contribution in [0.1, 0.15) is 341 Å². The zero-order chi connectivity index (χ0) is 73.9. The van der Waals surface area contributed by atoms with Gasteiger partial charge in [0.15, 0.2) is 18.9 Å². The molecule has 3 fully saturated rings.